The van der Waals surface area contributed by atoms with Crippen LogP contribution in [0.1, 0.15) is 51.5 Å². The van der Waals surface area contributed by atoms with E-state index in [1.807, 2.05) is 18.2 Å². The van der Waals surface area contributed by atoms with Gasteiger partial charge in [0.15, 0.2) is 0 Å². The van der Waals surface area contributed by atoms with Gasteiger partial charge in [-0.15, -0.1) is 0 Å². The maximum Gasteiger partial charge on any atom is 0.223 e. The predicted molar refractivity (Wildman–Crippen MR) is 89.1 cm³/mol. The van der Waals surface area contributed by atoms with Crippen LogP contribution in [0.3, 0.4) is 0 Å². The van der Waals surface area contributed by atoms with E-state index in [9.17, 15) is 4.79 Å². The summed E-state index contributed by atoms with van der Waals surface area (Å²) in [4.78, 5) is 12.8. The number of benzene rings is 1. The summed E-state index contributed by atoms with van der Waals surface area (Å²) in [6, 6.07) is 10.5. The van der Waals surface area contributed by atoms with Crippen molar-refractivity contribution in [3.05, 3.63) is 35.9 Å². The molecule has 1 aromatic carbocycles. The van der Waals surface area contributed by atoms with Crippen molar-refractivity contribution in [2.75, 3.05) is 0 Å². The third-order valence-corrected chi connectivity index (χ3v) is 5.71. The molecule has 3 nitrogen and oxygen atoms in total. The van der Waals surface area contributed by atoms with Gasteiger partial charge in [0, 0.05) is 12.0 Å². The van der Waals surface area contributed by atoms with Crippen LogP contribution in [0.25, 0.3) is 0 Å². The molecule has 2 bridgehead atoms. The second-order valence-electron chi connectivity index (χ2n) is 7.68. The van der Waals surface area contributed by atoms with E-state index >= 15 is 0 Å². The Bertz CT molecular complexity index is 511. The average molecular weight is 300 g/mol. The maximum absolute atomic E-state index is 12.8. The number of hydrogen-bond donors (Lipinski definition) is 2. The van der Waals surface area contributed by atoms with Gasteiger partial charge in [-0.1, -0.05) is 36.8 Å². The van der Waals surface area contributed by atoms with Crippen LogP contribution in [0, 0.1) is 17.8 Å². The molecule has 0 aromatic heterocycles. The van der Waals surface area contributed by atoms with Crippen molar-refractivity contribution in [3.63, 3.8) is 0 Å². The summed E-state index contributed by atoms with van der Waals surface area (Å²) in [6.45, 7) is 4.16. The zero-order chi connectivity index (χ0) is 15.7. The minimum atomic E-state index is -0.326. The van der Waals surface area contributed by atoms with Crippen molar-refractivity contribution in [2.24, 2.45) is 23.5 Å². The highest BCUT2D eigenvalue weighted by Gasteiger charge is 2.41. The van der Waals surface area contributed by atoms with Gasteiger partial charge in [-0.25, -0.2) is 0 Å². The molecule has 0 spiro atoms. The number of carbonyl (C=O) groups is 1. The van der Waals surface area contributed by atoms with Crippen LogP contribution in [0.15, 0.2) is 30.3 Å². The molecule has 3 rings (SSSR count). The Balaban J connectivity index is 1.67. The Morgan fingerprint density at radius 1 is 1.14 bits per heavy atom. The molecular weight excluding hydrogens is 272 g/mol. The Hall–Kier alpha value is -1.35. The van der Waals surface area contributed by atoms with Gasteiger partial charge >= 0.3 is 0 Å². The fourth-order valence-electron chi connectivity index (χ4n) is 4.34. The first-order valence-corrected chi connectivity index (χ1v) is 8.60. The third-order valence-electron chi connectivity index (χ3n) is 5.71. The predicted octanol–water partition coefficient (Wildman–Crippen LogP) is 3.19. The van der Waals surface area contributed by atoms with Crippen LogP contribution < -0.4 is 11.1 Å². The van der Waals surface area contributed by atoms with Crippen molar-refractivity contribution >= 4 is 5.91 Å². The normalized spacial score (nSPS) is 31.6. The van der Waals surface area contributed by atoms with Crippen LogP contribution in [-0.2, 0) is 10.3 Å². The Morgan fingerprint density at radius 3 is 2.32 bits per heavy atom. The smallest absolute Gasteiger partial charge is 0.223 e. The van der Waals surface area contributed by atoms with Gasteiger partial charge in [0.05, 0.1) is 5.54 Å². The van der Waals surface area contributed by atoms with Crippen molar-refractivity contribution in [3.8, 4) is 0 Å². The van der Waals surface area contributed by atoms with Crippen LogP contribution in [0.5, 0.6) is 0 Å². The van der Waals surface area contributed by atoms with Gasteiger partial charge in [-0.3, -0.25) is 4.79 Å². The molecule has 1 aromatic rings. The molecule has 120 valence electrons. The summed E-state index contributed by atoms with van der Waals surface area (Å²) in [5.41, 5.74) is 7.16. The number of amides is 1. The van der Waals surface area contributed by atoms with Crippen molar-refractivity contribution in [1.82, 2.24) is 5.32 Å². The lowest BCUT2D eigenvalue weighted by Gasteiger charge is -2.44. The summed E-state index contributed by atoms with van der Waals surface area (Å²) in [5.74, 6) is 1.43. The van der Waals surface area contributed by atoms with Crippen molar-refractivity contribution < 1.29 is 4.79 Å². The molecule has 2 saturated carbocycles. The second kappa shape index (κ2) is 6.04. The van der Waals surface area contributed by atoms with Crippen molar-refractivity contribution in [1.29, 1.82) is 0 Å². The topological polar surface area (TPSA) is 55.1 Å². The van der Waals surface area contributed by atoms with Gasteiger partial charge in [-0.2, -0.15) is 0 Å². The molecule has 0 heterocycles. The van der Waals surface area contributed by atoms with Crippen LogP contribution in [0.2, 0.25) is 0 Å². The molecule has 2 aliphatic carbocycles. The molecule has 22 heavy (non-hydrogen) atoms. The molecule has 2 atom stereocenters. The van der Waals surface area contributed by atoms with Gasteiger partial charge in [0.25, 0.3) is 0 Å². The Morgan fingerprint density at radius 2 is 1.73 bits per heavy atom. The third kappa shape index (κ3) is 3.05. The van der Waals surface area contributed by atoms with Gasteiger partial charge < -0.3 is 11.1 Å². The van der Waals surface area contributed by atoms with Crippen LogP contribution >= 0.6 is 0 Å². The number of hydrogen-bond acceptors (Lipinski definition) is 2. The molecule has 0 aliphatic heterocycles. The SMILES string of the molecule is CC(C)(NC(=O)C1CC2CCCC(C1)C2N)c1ccccc1. The summed E-state index contributed by atoms with van der Waals surface area (Å²) < 4.78 is 0. The minimum absolute atomic E-state index is 0.137. The zero-order valence-corrected chi connectivity index (χ0v) is 13.7. The van der Waals surface area contributed by atoms with Crippen molar-refractivity contribution in [2.45, 2.75) is 57.5 Å². The Kier molecular flexibility index (Phi) is 4.26. The molecule has 0 saturated heterocycles. The van der Waals surface area contributed by atoms with E-state index in [0.29, 0.717) is 17.9 Å². The fraction of sp³-hybridized carbons (Fsp3) is 0.632. The number of fused-ring (bicyclic) bond motifs is 2. The van der Waals surface area contributed by atoms with Crippen LogP contribution in [0.4, 0.5) is 0 Å². The van der Waals surface area contributed by atoms with E-state index in [2.05, 4.69) is 31.3 Å². The first-order chi connectivity index (χ1) is 10.5. The summed E-state index contributed by atoms with van der Waals surface area (Å²) in [5, 5.41) is 3.27. The molecule has 3 N–H and O–H groups in total. The standard InChI is InChI=1S/C19H28N2O/c1-19(2,16-9-4-3-5-10-16)21-18(22)15-11-13-7-6-8-14(12-15)17(13)20/h3-5,9-10,13-15,17H,6-8,11-12,20H2,1-2H3,(H,21,22). The lowest BCUT2D eigenvalue weighted by atomic mass is 9.65. The summed E-state index contributed by atoms with van der Waals surface area (Å²) in [7, 11) is 0. The van der Waals surface area contributed by atoms with E-state index in [4.69, 9.17) is 5.73 Å². The molecule has 2 aliphatic rings. The van der Waals surface area contributed by atoms with E-state index in [0.717, 1.165) is 18.4 Å². The van der Waals surface area contributed by atoms with E-state index in [1.165, 1.54) is 19.3 Å². The quantitative estimate of drug-likeness (QED) is 0.900. The minimum Gasteiger partial charge on any atom is -0.347 e. The summed E-state index contributed by atoms with van der Waals surface area (Å²) >= 11 is 0. The highest BCUT2D eigenvalue weighted by atomic mass is 16.2. The number of carbonyl (C=O) groups excluding carboxylic acids is 1. The van der Waals surface area contributed by atoms with E-state index < -0.39 is 0 Å². The highest BCUT2D eigenvalue weighted by molar-refractivity contribution is 5.79. The lowest BCUT2D eigenvalue weighted by molar-refractivity contribution is -0.129. The largest absolute Gasteiger partial charge is 0.347 e. The van der Waals surface area contributed by atoms with E-state index in [1.54, 1.807) is 0 Å². The van der Waals surface area contributed by atoms with E-state index in [-0.39, 0.29) is 17.4 Å². The molecule has 3 heteroatoms. The first kappa shape index (κ1) is 15.5. The van der Waals surface area contributed by atoms with Gasteiger partial charge in [0.2, 0.25) is 5.91 Å². The number of nitrogens with one attached hydrogen (secondary N) is 1. The van der Waals surface area contributed by atoms with Crippen LogP contribution in [-0.4, -0.2) is 11.9 Å². The molecule has 2 unspecified atom stereocenters. The summed E-state index contributed by atoms with van der Waals surface area (Å²) in [6.07, 6.45) is 5.61. The highest BCUT2D eigenvalue weighted by Crippen LogP contribution is 2.42. The molecule has 1 amide bonds. The maximum atomic E-state index is 12.8. The number of rotatable bonds is 3. The lowest BCUT2D eigenvalue weighted by Crippen LogP contribution is -2.51. The molecular formula is C19H28N2O. The fourth-order valence-corrected chi connectivity index (χ4v) is 4.34. The molecule has 0 radical (unpaired) electrons. The average Bonchev–Trinajstić information content (AvgIpc) is 2.47. The number of nitrogens with two attached hydrogens (primary N) is 1. The first-order valence-electron chi connectivity index (χ1n) is 8.60. The van der Waals surface area contributed by atoms with Gasteiger partial charge in [0.1, 0.15) is 0 Å². The Labute approximate surface area is 133 Å². The molecule has 2 fully saturated rings. The second-order valence-corrected chi connectivity index (χ2v) is 7.68. The zero-order valence-electron chi connectivity index (χ0n) is 13.7. The monoisotopic (exact) mass is 300 g/mol. The van der Waals surface area contributed by atoms with Gasteiger partial charge in [-0.05, 0) is 56.9 Å².